The number of esters is 1. The highest BCUT2D eigenvalue weighted by Crippen LogP contribution is 2.34. The van der Waals surface area contributed by atoms with Crippen LogP contribution in [0.5, 0.6) is 5.75 Å². The first-order valence-corrected chi connectivity index (χ1v) is 11.4. The molecule has 0 bridgehead atoms. The van der Waals surface area contributed by atoms with Crippen LogP contribution in [0.1, 0.15) is 23.9 Å². The fourth-order valence-electron chi connectivity index (χ4n) is 2.22. The first kappa shape index (κ1) is 24.3. The number of rotatable bonds is 9. The number of halogens is 2. The molecule has 1 aromatic carbocycles. The van der Waals surface area contributed by atoms with Crippen LogP contribution in [-0.2, 0) is 14.3 Å². The van der Waals surface area contributed by atoms with E-state index >= 15 is 0 Å². The Bertz CT molecular complexity index is 913. The summed E-state index contributed by atoms with van der Waals surface area (Å²) in [5.74, 6) is -0.108. The number of carbonyl (C=O) groups excluding carboxylic acids is 2. The van der Waals surface area contributed by atoms with Crippen molar-refractivity contribution in [1.29, 1.82) is 0 Å². The maximum atomic E-state index is 12.0. The number of benzene rings is 1. The van der Waals surface area contributed by atoms with Crippen LogP contribution in [0.4, 0.5) is 0 Å². The van der Waals surface area contributed by atoms with E-state index in [1.807, 2.05) is 19.9 Å². The van der Waals surface area contributed by atoms with Crippen molar-refractivity contribution in [1.82, 2.24) is 15.4 Å². The SMILES string of the molecule is CCOC(=O)COc1c(Br)cc(/C=N\NC(=O)CSc2nc(C)cc(C)n2)cc1Br. The molecular weight excluding hydrogens is 540 g/mol. The van der Waals surface area contributed by atoms with E-state index in [4.69, 9.17) is 9.47 Å². The summed E-state index contributed by atoms with van der Waals surface area (Å²) in [6, 6.07) is 5.37. The van der Waals surface area contributed by atoms with Crippen LogP contribution < -0.4 is 10.2 Å². The highest BCUT2D eigenvalue weighted by atomic mass is 79.9. The Hall–Kier alpha value is -1.98. The number of nitrogens with one attached hydrogen (secondary N) is 1. The summed E-state index contributed by atoms with van der Waals surface area (Å²) < 4.78 is 11.6. The Morgan fingerprint density at radius 1 is 1.17 bits per heavy atom. The van der Waals surface area contributed by atoms with Gasteiger partial charge >= 0.3 is 5.97 Å². The van der Waals surface area contributed by atoms with Crippen molar-refractivity contribution in [3.63, 3.8) is 0 Å². The molecule has 30 heavy (non-hydrogen) atoms. The number of nitrogens with zero attached hydrogens (tertiary/aromatic N) is 3. The summed E-state index contributed by atoms with van der Waals surface area (Å²) in [5, 5.41) is 4.52. The van der Waals surface area contributed by atoms with Gasteiger partial charge in [0.25, 0.3) is 5.91 Å². The number of aryl methyl sites for hydroxylation is 2. The lowest BCUT2D eigenvalue weighted by atomic mass is 10.2. The molecular formula is C19H20Br2N4O4S. The smallest absolute Gasteiger partial charge is 0.344 e. The number of hydrazone groups is 1. The molecule has 0 spiro atoms. The van der Waals surface area contributed by atoms with E-state index in [0.717, 1.165) is 11.4 Å². The third-order valence-electron chi connectivity index (χ3n) is 3.36. The molecule has 1 amide bonds. The molecule has 1 aromatic heterocycles. The normalized spacial score (nSPS) is 10.8. The minimum absolute atomic E-state index is 0.147. The molecule has 0 unspecified atom stereocenters. The fraction of sp³-hybridized carbons (Fsp3) is 0.316. The predicted molar refractivity (Wildman–Crippen MR) is 122 cm³/mol. The second kappa shape index (κ2) is 12.0. The van der Waals surface area contributed by atoms with Crippen molar-refractivity contribution in [2.45, 2.75) is 25.9 Å². The molecule has 0 saturated carbocycles. The molecule has 0 fully saturated rings. The third kappa shape index (κ3) is 8.04. The zero-order chi connectivity index (χ0) is 22.1. The van der Waals surface area contributed by atoms with Crippen molar-refractivity contribution in [3.05, 3.63) is 44.1 Å². The fourth-order valence-corrected chi connectivity index (χ4v) is 4.42. The lowest BCUT2D eigenvalue weighted by molar-refractivity contribution is -0.145. The molecule has 2 rings (SSSR count). The first-order chi connectivity index (χ1) is 14.3. The standard InChI is InChI=1S/C19H20Br2N4O4S/c1-4-28-17(27)9-29-18-14(20)6-13(7-15(18)21)8-22-25-16(26)10-30-19-23-11(2)5-12(3)24-19/h5-8H,4,9-10H2,1-3H3,(H,25,26)/b22-8-. The van der Waals surface area contributed by atoms with Crippen LogP contribution >= 0.6 is 43.6 Å². The summed E-state index contributed by atoms with van der Waals surface area (Å²) in [5.41, 5.74) is 4.89. The van der Waals surface area contributed by atoms with E-state index in [-0.39, 0.29) is 18.3 Å². The van der Waals surface area contributed by atoms with Crippen LogP contribution in [0.15, 0.2) is 37.4 Å². The molecule has 1 N–H and O–H groups in total. The molecule has 0 aliphatic heterocycles. The van der Waals surface area contributed by atoms with E-state index in [1.54, 1.807) is 19.1 Å². The average molecular weight is 560 g/mol. The summed E-state index contributed by atoms with van der Waals surface area (Å²) in [6.45, 7) is 5.59. The average Bonchev–Trinajstić information content (AvgIpc) is 2.65. The number of aromatic nitrogens is 2. The van der Waals surface area contributed by atoms with E-state index in [2.05, 4.69) is 52.4 Å². The molecule has 0 aliphatic carbocycles. The second-order valence-corrected chi connectivity index (χ2v) is 8.57. The second-order valence-electron chi connectivity index (χ2n) is 5.92. The minimum Gasteiger partial charge on any atom is -0.480 e. The topological polar surface area (TPSA) is 103 Å². The molecule has 0 atom stereocenters. The Morgan fingerprint density at radius 2 is 1.80 bits per heavy atom. The Balaban J connectivity index is 1.89. The predicted octanol–water partition coefficient (Wildman–Crippen LogP) is 3.80. The third-order valence-corrected chi connectivity index (χ3v) is 5.38. The van der Waals surface area contributed by atoms with Gasteiger partial charge in [0.05, 0.1) is 27.5 Å². The zero-order valence-electron chi connectivity index (χ0n) is 16.6. The summed E-state index contributed by atoms with van der Waals surface area (Å²) in [7, 11) is 0. The first-order valence-electron chi connectivity index (χ1n) is 8.83. The Kier molecular flexibility index (Phi) is 9.73. The lowest BCUT2D eigenvalue weighted by Gasteiger charge is -2.10. The quantitative estimate of drug-likeness (QED) is 0.164. The van der Waals surface area contributed by atoms with Gasteiger partial charge in [-0.15, -0.1) is 0 Å². The molecule has 1 heterocycles. The van der Waals surface area contributed by atoms with Crippen molar-refractivity contribution in [2.75, 3.05) is 19.0 Å². The van der Waals surface area contributed by atoms with Gasteiger partial charge in [0, 0.05) is 11.4 Å². The Labute approximate surface area is 195 Å². The number of amides is 1. The lowest BCUT2D eigenvalue weighted by Crippen LogP contribution is -2.19. The highest BCUT2D eigenvalue weighted by molar-refractivity contribution is 9.11. The molecule has 11 heteroatoms. The maximum absolute atomic E-state index is 12.0. The van der Waals surface area contributed by atoms with Crippen molar-refractivity contribution in [2.24, 2.45) is 5.10 Å². The van der Waals surface area contributed by atoms with Gasteiger partial charge in [-0.2, -0.15) is 5.10 Å². The molecule has 160 valence electrons. The van der Waals surface area contributed by atoms with Gasteiger partial charge in [0.15, 0.2) is 11.8 Å². The monoisotopic (exact) mass is 558 g/mol. The minimum atomic E-state index is -0.450. The number of hydrogen-bond donors (Lipinski definition) is 1. The van der Waals surface area contributed by atoms with Gasteiger partial charge in [0.1, 0.15) is 5.75 Å². The van der Waals surface area contributed by atoms with E-state index in [0.29, 0.717) is 32.0 Å². The van der Waals surface area contributed by atoms with Crippen LogP contribution in [0.25, 0.3) is 0 Å². The van der Waals surface area contributed by atoms with E-state index in [1.165, 1.54) is 18.0 Å². The van der Waals surface area contributed by atoms with Gasteiger partial charge < -0.3 is 9.47 Å². The van der Waals surface area contributed by atoms with Gasteiger partial charge in [-0.05, 0) is 76.4 Å². The number of carbonyl (C=O) groups is 2. The summed E-state index contributed by atoms with van der Waals surface area (Å²) >= 11 is 8.04. The number of ether oxygens (including phenoxy) is 2. The van der Waals surface area contributed by atoms with Crippen molar-refractivity contribution >= 4 is 61.7 Å². The molecule has 2 aromatic rings. The van der Waals surface area contributed by atoms with Crippen molar-refractivity contribution in [3.8, 4) is 5.75 Å². The van der Waals surface area contributed by atoms with Crippen LogP contribution in [0.2, 0.25) is 0 Å². The summed E-state index contributed by atoms with van der Waals surface area (Å²) in [6.07, 6.45) is 1.50. The largest absolute Gasteiger partial charge is 0.480 e. The number of hydrogen-bond acceptors (Lipinski definition) is 8. The maximum Gasteiger partial charge on any atom is 0.344 e. The zero-order valence-corrected chi connectivity index (χ0v) is 20.6. The highest BCUT2D eigenvalue weighted by Gasteiger charge is 2.11. The van der Waals surface area contributed by atoms with Crippen LogP contribution in [-0.4, -0.2) is 47.0 Å². The molecule has 0 saturated heterocycles. The van der Waals surface area contributed by atoms with Crippen LogP contribution in [0, 0.1) is 13.8 Å². The Morgan fingerprint density at radius 3 is 2.40 bits per heavy atom. The van der Waals surface area contributed by atoms with Gasteiger partial charge in [-0.1, -0.05) is 11.8 Å². The van der Waals surface area contributed by atoms with Crippen molar-refractivity contribution < 1.29 is 19.1 Å². The number of thioether (sulfide) groups is 1. The summed E-state index contributed by atoms with van der Waals surface area (Å²) in [4.78, 5) is 32.0. The van der Waals surface area contributed by atoms with E-state index < -0.39 is 5.97 Å². The molecule has 0 aliphatic rings. The van der Waals surface area contributed by atoms with E-state index in [9.17, 15) is 9.59 Å². The van der Waals surface area contributed by atoms with Gasteiger partial charge in [0.2, 0.25) is 0 Å². The van der Waals surface area contributed by atoms with Gasteiger partial charge in [-0.25, -0.2) is 20.2 Å². The van der Waals surface area contributed by atoms with Gasteiger partial charge in [-0.3, -0.25) is 4.79 Å². The molecule has 0 radical (unpaired) electrons. The van der Waals surface area contributed by atoms with Crippen LogP contribution in [0.3, 0.4) is 0 Å². The molecule has 8 nitrogen and oxygen atoms in total.